The molecule has 0 saturated carbocycles. The maximum absolute atomic E-state index is 11.6. The Morgan fingerprint density at radius 2 is 1.75 bits per heavy atom. The molecule has 0 heterocycles. The van der Waals surface area contributed by atoms with E-state index in [0.29, 0.717) is 5.56 Å². The molecule has 9 heteroatoms. The van der Waals surface area contributed by atoms with Crippen molar-refractivity contribution < 1.29 is 26.7 Å². The minimum absolute atomic E-state index is 0.0703. The van der Waals surface area contributed by atoms with E-state index in [2.05, 4.69) is 0 Å². The summed E-state index contributed by atoms with van der Waals surface area (Å²) in [5.41, 5.74) is 0.627. The van der Waals surface area contributed by atoms with E-state index >= 15 is 0 Å². The number of sulfone groups is 1. The third-order valence-electron chi connectivity index (χ3n) is 2.27. The SMILES string of the molecule is CS(=O)(=O)CS(=O)(=O)N[C@H](Cc1ccccc1)C(=O)O. The van der Waals surface area contributed by atoms with Crippen LogP contribution in [0.15, 0.2) is 30.3 Å². The van der Waals surface area contributed by atoms with Crippen LogP contribution in [0, 0.1) is 0 Å². The predicted octanol–water partition coefficient (Wildman–Crippen LogP) is -0.396. The zero-order valence-electron chi connectivity index (χ0n) is 10.7. The monoisotopic (exact) mass is 321 g/mol. The lowest BCUT2D eigenvalue weighted by Gasteiger charge is -2.14. The van der Waals surface area contributed by atoms with Gasteiger partial charge in [0.25, 0.3) is 0 Å². The Hall–Kier alpha value is -1.45. The van der Waals surface area contributed by atoms with Crippen molar-refractivity contribution in [1.82, 2.24) is 4.72 Å². The first-order valence-electron chi connectivity index (χ1n) is 5.53. The van der Waals surface area contributed by atoms with Crippen molar-refractivity contribution in [3.63, 3.8) is 0 Å². The summed E-state index contributed by atoms with van der Waals surface area (Å²) in [7, 11) is -7.99. The quantitative estimate of drug-likeness (QED) is 0.706. The summed E-state index contributed by atoms with van der Waals surface area (Å²) in [6, 6.07) is 7.02. The second-order valence-corrected chi connectivity index (χ2v) is 8.62. The zero-order chi connectivity index (χ0) is 15.4. The first kappa shape index (κ1) is 16.6. The number of carbonyl (C=O) groups is 1. The molecule has 0 saturated heterocycles. The number of benzene rings is 1. The van der Waals surface area contributed by atoms with Gasteiger partial charge >= 0.3 is 5.97 Å². The van der Waals surface area contributed by atoms with E-state index in [1.54, 1.807) is 30.3 Å². The van der Waals surface area contributed by atoms with Crippen LogP contribution in [0.5, 0.6) is 0 Å². The molecule has 0 spiro atoms. The molecule has 0 aromatic heterocycles. The zero-order valence-corrected chi connectivity index (χ0v) is 12.3. The number of hydrogen-bond acceptors (Lipinski definition) is 5. The lowest BCUT2D eigenvalue weighted by molar-refractivity contribution is -0.138. The topological polar surface area (TPSA) is 118 Å². The minimum Gasteiger partial charge on any atom is -0.480 e. The molecule has 0 aliphatic rings. The summed E-state index contributed by atoms with van der Waals surface area (Å²) in [4.78, 5) is 11.1. The van der Waals surface area contributed by atoms with Crippen LogP contribution in [-0.4, -0.2) is 45.3 Å². The number of nitrogens with one attached hydrogen (secondary N) is 1. The van der Waals surface area contributed by atoms with Crippen molar-refractivity contribution in [2.24, 2.45) is 0 Å². The molecule has 0 aliphatic heterocycles. The molecule has 7 nitrogen and oxygen atoms in total. The predicted molar refractivity (Wildman–Crippen MR) is 73.3 cm³/mol. The molecule has 0 bridgehead atoms. The van der Waals surface area contributed by atoms with Crippen molar-refractivity contribution in [3.8, 4) is 0 Å². The normalized spacial score (nSPS) is 13.8. The number of carboxylic acids is 1. The number of hydrogen-bond donors (Lipinski definition) is 2. The summed E-state index contributed by atoms with van der Waals surface area (Å²) >= 11 is 0. The number of rotatable bonds is 7. The van der Waals surface area contributed by atoms with Gasteiger partial charge in [-0.2, -0.15) is 4.72 Å². The van der Waals surface area contributed by atoms with Crippen molar-refractivity contribution in [2.45, 2.75) is 12.5 Å². The van der Waals surface area contributed by atoms with Gasteiger partial charge in [-0.15, -0.1) is 0 Å². The van der Waals surface area contributed by atoms with Crippen molar-refractivity contribution in [1.29, 1.82) is 0 Å². The fourth-order valence-electron chi connectivity index (χ4n) is 1.56. The van der Waals surface area contributed by atoms with Crippen LogP contribution in [0.25, 0.3) is 0 Å². The van der Waals surface area contributed by atoms with Gasteiger partial charge < -0.3 is 5.11 Å². The van der Waals surface area contributed by atoms with Crippen LogP contribution in [-0.2, 0) is 31.1 Å². The summed E-state index contributed by atoms with van der Waals surface area (Å²) in [5, 5.41) is 7.88. The van der Waals surface area contributed by atoms with Gasteiger partial charge in [-0.1, -0.05) is 30.3 Å². The molecular formula is C11H15NO6S2. The second kappa shape index (κ2) is 6.33. The Morgan fingerprint density at radius 3 is 2.20 bits per heavy atom. The van der Waals surface area contributed by atoms with E-state index in [4.69, 9.17) is 5.11 Å². The smallest absolute Gasteiger partial charge is 0.322 e. The molecule has 0 radical (unpaired) electrons. The van der Waals surface area contributed by atoms with E-state index in [9.17, 15) is 21.6 Å². The highest BCUT2D eigenvalue weighted by Crippen LogP contribution is 2.05. The van der Waals surface area contributed by atoms with Gasteiger partial charge in [-0.3, -0.25) is 4.79 Å². The maximum atomic E-state index is 11.6. The molecule has 1 rings (SSSR count). The van der Waals surface area contributed by atoms with Gasteiger partial charge in [0.15, 0.2) is 14.9 Å². The second-order valence-electron chi connectivity index (χ2n) is 4.36. The fraction of sp³-hybridized carbons (Fsp3) is 0.364. The van der Waals surface area contributed by atoms with Crippen LogP contribution < -0.4 is 4.72 Å². The minimum atomic E-state index is -4.22. The van der Waals surface area contributed by atoms with Crippen molar-refractivity contribution >= 4 is 25.8 Å². The molecule has 1 atom stereocenters. The summed E-state index contributed by atoms with van der Waals surface area (Å²) in [5.74, 6) is -1.37. The van der Waals surface area contributed by atoms with Gasteiger partial charge in [0, 0.05) is 6.26 Å². The van der Waals surface area contributed by atoms with E-state index in [-0.39, 0.29) is 6.42 Å². The van der Waals surface area contributed by atoms with Crippen molar-refractivity contribution in [2.75, 3.05) is 11.3 Å². The molecular weight excluding hydrogens is 306 g/mol. The molecule has 1 aromatic rings. The van der Waals surface area contributed by atoms with E-state index in [1.165, 1.54) is 0 Å². The Bertz CT molecular complexity index is 666. The van der Waals surface area contributed by atoms with Gasteiger partial charge in [-0.25, -0.2) is 16.8 Å². The van der Waals surface area contributed by atoms with Gasteiger partial charge in [0.05, 0.1) is 0 Å². The number of carboxylic acid groups (broad SMARTS) is 1. The van der Waals surface area contributed by atoms with Gasteiger partial charge in [0.2, 0.25) is 10.0 Å². The van der Waals surface area contributed by atoms with Crippen LogP contribution >= 0.6 is 0 Å². The molecule has 0 aliphatic carbocycles. The fourth-order valence-corrected chi connectivity index (χ4v) is 4.71. The molecule has 1 aromatic carbocycles. The highest BCUT2D eigenvalue weighted by atomic mass is 32.3. The molecule has 2 N–H and O–H groups in total. The lowest BCUT2D eigenvalue weighted by Crippen LogP contribution is -2.44. The van der Waals surface area contributed by atoms with Crippen LogP contribution in [0.3, 0.4) is 0 Å². The number of aliphatic carboxylic acids is 1. The van der Waals surface area contributed by atoms with Gasteiger partial charge in [0.1, 0.15) is 6.04 Å². The van der Waals surface area contributed by atoms with E-state index in [1.807, 2.05) is 4.72 Å². The van der Waals surface area contributed by atoms with E-state index < -0.39 is 37.0 Å². The highest BCUT2D eigenvalue weighted by Gasteiger charge is 2.26. The molecule has 20 heavy (non-hydrogen) atoms. The Kier molecular flexibility index (Phi) is 5.26. The average Bonchev–Trinajstić information content (AvgIpc) is 2.25. The van der Waals surface area contributed by atoms with Crippen molar-refractivity contribution in [3.05, 3.63) is 35.9 Å². The largest absolute Gasteiger partial charge is 0.480 e. The molecule has 112 valence electrons. The average molecular weight is 321 g/mol. The lowest BCUT2D eigenvalue weighted by atomic mass is 10.1. The van der Waals surface area contributed by atoms with Crippen LogP contribution in [0.4, 0.5) is 0 Å². The number of sulfonamides is 1. The highest BCUT2D eigenvalue weighted by molar-refractivity contribution is 8.06. The molecule has 0 amide bonds. The third-order valence-corrected chi connectivity index (χ3v) is 5.87. The Labute approximate surface area is 117 Å². The molecule has 0 fully saturated rings. The molecule has 0 unspecified atom stereocenters. The maximum Gasteiger partial charge on any atom is 0.322 e. The standard InChI is InChI=1S/C11H15NO6S2/c1-19(15,16)8-20(17,18)12-10(11(13)14)7-9-5-3-2-4-6-9/h2-6,10,12H,7-8H2,1H3,(H,13,14)/t10-/m1/s1. The Balaban J connectivity index is 2.86. The first-order chi connectivity index (χ1) is 9.09. The summed E-state index contributed by atoms with van der Waals surface area (Å²) in [6.45, 7) is 0. The third kappa shape index (κ3) is 6.13. The van der Waals surface area contributed by atoms with E-state index in [0.717, 1.165) is 6.26 Å². The summed E-state index contributed by atoms with van der Waals surface area (Å²) < 4.78 is 47.1. The van der Waals surface area contributed by atoms with Gasteiger partial charge in [-0.05, 0) is 12.0 Å². The first-order valence-corrected chi connectivity index (χ1v) is 9.25. The van der Waals surface area contributed by atoms with Crippen LogP contribution in [0.1, 0.15) is 5.56 Å². The van der Waals surface area contributed by atoms with Crippen LogP contribution in [0.2, 0.25) is 0 Å². The summed E-state index contributed by atoms with van der Waals surface area (Å²) in [6.07, 6.45) is 0.693. The Morgan fingerprint density at radius 1 is 1.20 bits per heavy atom.